The summed E-state index contributed by atoms with van der Waals surface area (Å²) in [7, 11) is 0. The first-order valence-corrected chi connectivity index (χ1v) is 5.30. The van der Waals surface area contributed by atoms with Crippen LogP contribution >= 0.6 is 12.2 Å². The van der Waals surface area contributed by atoms with E-state index in [1.165, 1.54) is 0 Å². The third kappa shape index (κ3) is 3.91. The van der Waals surface area contributed by atoms with E-state index in [0.29, 0.717) is 24.0 Å². The van der Waals surface area contributed by atoms with Crippen molar-refractivity contribution < 1.29 is 4.79 Å². The molecule has 1 rings (SSSR count). The molecule has 14 heavy (non-hydrogen) atoms. The van der Waals surface area contributed by atoms with Gasteiger partial charge in [-0.15, -0.1) is 0 Å². The molecule has 0 aromatic heterocycles. The molecule has 1 aliphatic heterocycles. The van der Waals surface area contributed by atoms with Crippen LogP contribution < -0.4 is 16.0 Å². The van der Waals surface area contributed by atoms with Crippen LogP contribution in [0.15, 0.2) is 0 Å². The molecule has 5 heteroatoms. The van der Waals surface area contributed by atoms with Crippen molar-refractivity contribution in [1.82, 2.24) is 16.0 Å². The second-order valence-electron chi connectivity index (χ2n) is 3.95. The van der Waals surface area contributed by atoms with E-state index >= 15 is 0 Å². The third-order valence-corrected chi connectivity index (χ3v) is 2.25. The fraction of sp³-hybridized carbons (Fsp3) is 0.778. The zero-order valence-electron chi connectivity index (χ0n) is 8.59. The van der Waals surface area contributed by atoms with Crippen molar-refractivity contribution in [2.24, 2.45) is 5.92 Å². The molecule has 0 aromatic carbocycles. The number of hydrogen-bond acceptors (Lipinski definition) is 2. The summed E-state index contributed by atoms with van der Waals surface area (Å²) < 4.78 is 0. The van der Waals surface area contributed by atoms with Crippen molar-refractivity contribution >= 4 is 23.2 Å². The Labute approximate surface area is 89.8 Å². The van der Waals surface area contributed by atoms with E-state index in [1.807, 2.05) is 0 Å². The molecule has 0 aromatic rings. The molecule has 80 valence electrons. The van der Waals surface area contributed by atoms with Crippen molar-refractivity contribution in [3.05, 3.63) is 0 Å². The number of nitrogens with one attached hydrogen (secondary N) is 3. The minimum absolute atomic E-state index is 0.0918. The van der Waals surface area contributed by atoms with Crippen LogP contribution in [0.5, 0.6) is 0 Å². The smallest absolute Gasteiger partial charge is 0.222 e. The number of carbonyl (C=O) groups is 1. The Kier molecular flexibility index (Phi) is 4.13. The normalized spacial score (nSPS) is 20.8. The summed E-state index contributed by atoms with van der Waals surface area (Å²) in [6, 6.07) is 0.148. The van der Waals surface area contributed by atoms with E-state index in [9.17, 15) is 4.79 Å². The van der Waals surface area contributed by atoms with E-state index in [1.54, 1.807) is 0 Å². The van der Waals surface area contributed by atoms with Crippen LogP contribution in [0.4, 0.5) is 0 Å². The van der Waals surface area contributed by atoms with E-state index < -0.39 is 0 Å². The van der Waals surface area contributed by atoms with Crippen molar-refractivity contribution in [3.8, 4) is 0 Å². The fourth-order valence-electron chi connectivity index (χ4n) is 1.24. The first kappa shape index (κ1) is 11.2. The van der Waals surface area contributed by atoms with Gasteiger partial charge in [-0.3, -0.25) is 4.79 Å². The van der Waals surface area contributed by atoms with Crippen LogP contribution in [-0.2, 0) is 4.79 Å². The van der Waals surface area contributed by atoms with Gasteiger partial charge in [0.2, 0.25) is 5.91 Å². The first-order valence-electron chi connectivity index (χ1n) is 4.89. The lowest BCUT2D eigenvalue weighted by Crippen LogP contribution is -2.43. The molecule has 0 saturated carbocycles. The minimum Gasteiger partial charge on any atom is -0.362 e. The highest BCUT2D eigenvalue weighted by molar-refractivity contribution is 7.80. The van der Waals surface area contributed by atoms with Crippen LogP contribution in [0.1, 0.15) is 20.3 Å². The lowest BCUT2D eigenvalue weighted by molar-refractivity contribution is -0.119. The summed E-state index contributed by atoms with van der Waals surface area (Å²) in [6.07, 6.45) is 0.517. The van der Waals surface area contributed by atoms with Gasteiger partial charge < -0.3 is 16.0 Å². The number of hydrogen-bond donors (Lipinski definition) is 3. The maximum atomic E-state index is 10.9. The predicted octanol–water partition coefficient (Wildman–Crippen LogP) is -0.00500. The maximum Gasteiger partial charge on any atom is 0.222 e. The van der Waals surface area contributed by atoms with Crippen molar-refractivity contribution in [3.63, 3.8) is 0 Å². The Bertz CT molecular complexity index is 230. The Morgan fingerprint density at radius 2 is 2.43 bits per heavy atom. The maximum absolute atomic E-state index is 10.9. The van der Waals surface area contributed by atoms with Gasteiger partial charge in [-0.1, -0.05) is 13.8 Å². The first-order chi connectivity index (χ1) is 6.58. The molecule has 0 aliphatic carbocycles. The summed E-state index contributed by atoms with van der Waals surface area (Å²) in [5.41, 5.74) is 0. The number of rotatable bonds is 3. The molecule has 0 bridgehead atoms. The molecule has 1 aliphatic rings. The molecule has 1 heterocycles. The van der Waals surface area contributed by atoms with Crippen molar-refractivity contribution in [1.29, 1.82) is 0 Å². The predicted molar refractivity (Wildman–Crippen MR) is 60.0 cm³/mol. The van der Waals surface area contributed by atoms with Crippen LogP contribution in [0.3, 0.4) is 0 Å². The zero-order chi connectivity index (χ0) is 10.6. The number of amides is 1. The average Bonchev–Trinajstić information content (AvgIpc) is 2.48. The van der Waals surface area contributed by atoms with Gasteiger partial charge in [0.1, 0.15) is 0 Å². The van der Waals surface area contributed by atoms with Crippen LogP contribution in [0.2, 0.25) is 0 Å². The van der Waals surface area contributed by atoms with Gasteiger partial charge in [-0.05, 0) is 18.1 Å². The Morgan fingerprint density at radius 1 is 1.71 bits per heavy atom. The Hall–Kier alpha value is -0.840. The lowest BCUT2D eigenvalue weighted by atomic mass is 10.2. The van der Waals surface area contributed by atoms with E-state index in [0.717, 1.165) is 6.54 Å². The number of thiocarbonyl (C=S) groups is 1. The summed E-state index contributed by atoms with van der Waals surface area (Å²) in [4.78, 5) is 10.9. The molecule has 1 amide bonds. The largest absolute Gasteiger partial charge is 0.362 e. The molecule has 0 radical (unpaired) electrons. The SMILES string of the molecule is CC(C)CNC(=S)NC1CNC(=O)C1. The lowest BCUT2D eigenvalue weighted by Gasteiger charge is -2.15. The van der Waals surface area contributed by atoms with Crippen LogP contribution in [-0.4, -0.2) is 30.2 Å². The van der Waals surface area contributed by atoms with E-state index in [2.05, 4.69) is 29.8 Å². The summed E-state index contributed by atoms with van der Waals surface area (Å²) in [5, 5.41) is 9.60. The van der Waals surface area contributed by atoms with Gasteiger partial charge in [0.05, 0.1) is 6.04 Å². The van der Waals surface area contributed by atoms with Crippen LogP contribution in [0, 0.1) is 5.92 Å². The molecule has 1 atom stereocenters. The highest BCUT2D eigenvalue weighted by Crippen LogP contribution is 1.98. The molecule has 3 N–H and O–H groups in total. The Balaban J connectivity index is 2.17. The van der Waals surface area contributed by atoms with Gasteiger partial charge in [0, 0.05) is 19.5 Å². The highest BCUT2D eigenvalue weighted by Gasteiger charge is 2.21. The van der Waals surface area contributed by atoms with Gasteiger partial charge in [0.15, 0.2) is 5.11 Å². The van der Waals surface area contributed by atoms with Crippen molar-refractivity contribution in [2.45, 2.75) is 26.3 Å². The molecule has 4 nitrogen and oxygen atoms in total. The molecular formula is C9H17N3OS. The quantitative estimate of drug-likeness (QED) is 0.580. The highest BCUT2D eigenvalue weighted by atomic mass is 32.1. The average molecular weight is 215 g/mol. The van der Waals surface area contributed by atoms with Gasteiger partial charge in [-0.25, -0.2) is 0 Å². The van der Waals surface area contributed by atoms with Crippen LogP contribution in [0.25, 0.3) is 0 Å². The summed E-state index contributed by atoms with van der Waals surface area (Å²) in [6.45, 7) is 5.77. The number of carbonyl (C=O) groups excluding carboxylic acids is 1. The second-order valence-corrected chi connectivity index (χ2v) is 4.36. The fourth-order valence-corrected chi connectivity index (χ4v) is 1.49. The Morgan fingerprint density at radius 3 is 2.93 bits per heavy atom. The standard InChI is InChI=1S/C9H17N3OS/c1-6(2)4-11-9(14)12-7-3-8(13)10-5-7/h6-7H,3-5H2,1-2H3,(H,10,13)(H2,11,12,14). The molecule has 1 unspecified atom stereocenters. The molecular weight excluding hydrogens is 198 g/mol. The molecule has 1 fully saturated rings. The summed E-state index contributed by atoms with van der Waals surface area (Å²) in [5.74, 6) is 0.659. The van der Waals surface area contributed by atoms with E-state index in [-0.39, 0.29) is 11.9 Å². The van der Waals surface area contributed by atoms with Gasteiger partial charge in [0.25, 0.3) is 0 Å². The zero-order valence-corrected chi connectivity index (χ0v) is 9.41. The van der Waals surface area contributed by atoms with Gasteiger partial charge >= 0.3 is 0 Å². The monoisotopic (exact) mass is 215 g/mol. The second kappa shape index (κ2) is 5.14. The van der Waals surface area contributed by atoms with Crippen molar-refractivity contribution in [2.75, 3.05) is 13.1 Å². The minimum atomic E-state index is 0.0918. The third-order valence-electron chi connectivity index (χ3n) is 1.98. The molecule has 0 spiro atoms. The molecule has 1 saturated heterocycles. The van der Waals surface area contributed by atoms with Gasteiger partial charge in [-0.2, -0.15) is 0 Å². The topological polar surface area (TPSA) is 53.2 Å². The summed E-state index contributed by atoms with van der Waals surface area (Å²) >= 11 is 5.09. The van der Waals surface area contributed by atoms with E-state index in [4.69, 9.17) is 12.2 Å².